The van der Waals surface area contributed by atoms with E-state index in [2.05, 4.69) is 10.2 Å². The average molecular weight is 286 g/mol. The minimum Gasteiger partial charge on any atom is -0.483 e. The Morgan fingerprint density at radius 3 is 2.65 bits per heavy atom. The van der Waals surface area contributed by atoms with Crippen LogP contribution in [0.5, 0.6) is 0 Å². The first kappa shape index (κ1) is 16.9. The van der Waals surface area contributed by atoms with Gasteiger partial charge in [-0.15, -0.1) is 0 Å². The Labute approximate surface area is 120 Å². The van der Waals surface area contributed by atoms with Crippen LogP contribution >= 0.6 is 0 Å². The number of aliphatic hydroxyl groups is 1. The molecule has 0 aromatic rings. The molecule has 2 aliphatic rings. The van der Waals surface area contributed by atoms with Crippen LogP contribution in [-0.2, 0) is 9.59 Å². The summed E-state index contributed by atoms with van der Waals surface area (Å²) in [4.78, 5) is 22.2. The quantitative estimate of drug-likeness (QED) is 0.655. The van der Waals surface area contributed by atoms with Crippen molar-refractivity contribution in [2.75, 3.05) is 26.2 Å². The number of rotatable bonds is 3. The summed E-state index contributed by atoms with van der Waals surface area (Å²) < 4.78 is 0. The molecule has 2 atom stereocenters. The molecule has 0 aromatic heterocycles. The van der Waals surface area contributed by atoms with Gasteiger partial charge in [0.2, 0.25) is 5.91 Å². The van der Waals surface area contributed by atoms with Gasteiger partial charge < -0.3 is 15.5 Å². The van der Waals surface area contributed by atoms with Crippen LogP contribution in [0.1, 0.15) is 39.0 Å². The monoisotopic (exact) mass is 286 g/mol. The second-order valence-corrected chi connectivity index (χ2v) is 5.64. The van der Waals surface area contributed by atoms with Gasteiger partial charge in [-0.1, -0.05) is 6.42 Å². The lowest BCUT2D eigenvalue weighted by molar-refractivity contribution is -0.124. The summed E-state index contributed by atoms with van der Waals surface area (Å²) in [5.74, 6) is 0.108. The van der Waals surface area contributed by atoms with Crippen LogP contribution in [0.3, 0.4) is 0 Å². The van der Waals surface area contributed by atoms with E-state index in [4.69, 9.17) is 9.90 Å². The van der Waals surface area contributed by atoms with E-state index in [0.717, 1.165) is 45.2 Å². The van der Waals surface area contributed by atoms with Gasteiger partial charge in [0.05, 0.1) is 12.6 Å². The Bertz CT molecular complexity index is 324. The number of nitrogens with zero attached hydrogens (tertiary/aromatic N) is 1. The Hall–Kier alpha value is -1.14. The number of carboxylic acid groups (broad SMARTS) is 1. The van der Waals surface area contributed by atoms with E-state index in [1.165, 1.54) is 0 Å². The molecule has 0 aromatic carbocycles. The second-order valence-electron chi connectivity index (χ2n) is 5.64. The van der Waals surface area contributed by atoms with E-state index in [-0.39, 0.29) is 23.9 Å². The molecule has 3 N–H and O–H groups in total. The lowest BCUT2D eigenvalue weighted by Gasteiger charge is -2.42. The number of hydrogen-bond donors (Lipinski definition) is 3. The number of likely N-dealkylation sites (tertiary alicyclic amines) is 1. The molecule has 6 nitrogen and oxygen atoms in total. The number of nitrogens with one attached hydrogen (secondary N) is 1. The minimum absolute atomic E-state index is 0.0880. The van der Waals surface area contributed by atoms with Crippen LogP contribution in [-0.4, -0.2) is 59.8 Å². The normalized spacial score (nSPS) is 29.6. The second kappa shape index (κ2) is 8.21. The molecule has 1 saturated heterocycles. The highest BCUT2D eigenvalue weighted by molar-refractivity contribution is 5.77. The zero-order valence-electron chi connectivity index (χ0n) is 12.2. The summed E-state index contributed by atoms with van der Waals surface area (Å²) in [6, 6.07) is 0. The maximum atomic E-state index is 11.6. The highest BCUT2D eigenvalue weighted by Crippen LogP contribution is 2.44. The fraction of sp³-hybridized carbons (Fsp3) is 0.857. The van der Waals surface area contributed by atoms with Crippen molar-refractivity contribution < 1.29 is 19.8 Å². The van der Waals surface area contributed by atoms with Crippen molar-refractivity contribution in [2.45, 2.75) is 45.1 Å². The molecule has 0 unspecified atom stereocenters. The number of aliphatic hydroxyl groups excluding tert-OH is 1. The van der Waals surface area contributed by atoms with Crippen molar-refractivity contribution in [3.63, 3.8) is 0 Å². The van der Waals surface area contributed by atoms with Gasteiger partial charge in [0.15, 0.2) is 0 Å². The SMILES string of the molecule is CCNC(=O)CN1CCC[C@@]2(CCC[C@H]2O)C1.O=CO. The van der Waals surface area contributed by atoms with Gasteiger partial charge in [-0.25, -0.2) is 0 Å². The van der Waals surface area contributed by atoms with Crippen molar-refractivity contribution in [1.82, 2.24) is 10.2 Å². The van der Waals surface area contributed by atoms with Crippen molar-refractivity contribution >= 4 is 12.4 Å². The van der Waals surface area contributed by atoms with Crippen LogP contribution < -0.4 is 5.32 Å². The number of likely N-dealkylation sites (N-methyl/N-ethyl adjacent to an activating group) is 1. The third kappa shape index (κ3) is 4.45. The molecule has 0 radical (unpaired) electrons. The van der Waals surface area contributed by atoms with E-state index < -0.39 is 0 Å². The van der Waals surface area contributed by atoms with Crippen LogP contribution in [0, 0.1) is 5.41 Å². The van der Waals surface area contributed by atoms with Crippen molar-refractivity contribution in [3.05, 3.63) is 0 Å². The van der Waals surface area contributed by atoms with Gasteiger partial charge in [0.25, 0.3) is 6.47 Å². The summed E-state index contributed by atoms with van der Waals surface area (Å²) in [7, 11) is 0. The Balaban J connectivity index is 0.000000612. The predicted molar refractivity (Wildman–Crippen MR) is 75.3 cm³/mol. The molecule has 1 spiro atoms. The first-order valence-corrected chi connectivity index (χ1v) is 7.33. The molecule has 2 rings (SSSR count). The highest BCUT2D eigenvalue weighted by atomic mass is 16.3. The van der Waals surface area contributed by atoms with E-state index in [9.17, 15) is 9.90 Å². The zero-order valence-corrected chi connectivity index (χ0v) is 12.2. The molecule has 1 saturated carbocycles. The Morgan fingerprint density at radius 1 is 1.45 bits per heavy atom. The van der Waals surface area contributed by atoms with Gasteiger partial charge in [0.1, 0.15) is 0 Å². The third-order valence-electron chi connectivity index (χ3n) is 4.29. The fourth-order valence-corrected chi connectivity index (χ4v) is 3.45. The van der Waals surface area contributed by atoms with Crippen LogP contribution in [0.25, 0.3) is 0 Å². The van der Waals surface area contributed by atoms with Crippen molar-refractivity contribution in [2.24, 2.45) is 5.41 Å². The van der Waals surface area contributed by atoms with Crippen molar-refractivity contribution in [3.8, 4) is 0 Å². The number of amides is 1. The largest absolute Gasteiger partial charge is 0.483 e. The topological polar surface area (TPSA) is 89.9 Å². The number of carbonyl (C=O) groups excluding carboxylic acids is 1. The number of hydrogen-bond acceptors (Lipinski definition) is 4. The van der Waals surface area contributed by atoms with Crippen LogP contribution in [0.2, 0.25) is 0 Å². The molecule has 20 heavy (non-hydrogen) atoms. The van der Waals surface area contributed by atoms with Gasteiger partial charge in [-0.05, 0) is 39.2 Å². The number of carbonyl (C=O) groups is 2. The summed E-state index contributed by atoms with van der Waals surface area (Å²) >= 11 is 0. The Kier molecular flexibility index (Phi) is 6.95. The molecule has 1 heterocycles. The summed E-state index contributed by atoms with van der Waals surface area (Å²) in [6.07, 6.45) is 5.28. The van der Waals surface area contributed by atoms with Gasteiger partial charge in [-0.2, -0.15) is 0 Å². The smallest absolute Gasteiger partial charge is 0.290 e. The van der Waals surface area contributed by atoms with Crippen LogP contribution in [0.4, 0.5) is 0 Å². The molecule has 1 aliphatic carbocycles. The van der Waals surface area contributed by atoms with E-state index >= 15 is 0 Å². The third-order valence-corrected chi connectivity index (χ3v) is 4.29. The molecular weight excluding hydrogens is 260 g/mol. The summed E-state index contributed by atoms with van der Waals surface area (Å²) in [5.41, 5.74) is 0.0880. The van der Waals surface area contributed by atoms with E-state index in [0.29, 0.717) is 13.1 Å². The van der Waals surface area contributed by atoms with Gasteiger partial charge in [0, 0.05) is 18.5 Å². The minimum atomic E-state index is -0.250. The first-order valence-electron chi connectivity index (χ1n) is 7.33. The highest BCUT2D eigenvalue weighted by Gasteiger charge is 2.44. The standard InChI is InChI=1S/C13H24N2O2.CH2O2/c1-2-14-12(17)9-15-8-4-7-13(10-15)6-3-5-11(13)16;2-1-3/h11,16H,2-10H2,1H3,(H,14,17);1H,(H,2,3)/t11-,13+;/m1./s1. The molecule has 0 bridgehead atoms. The molecule has 6 heteroatoms. The summed E-state index contributed by atoms with van der Waals surface area (Å²) in [6.45, 7) is 4.76. The van der Waals surface area contributed by atoms with Gasteiger partial charge in [-0.3, -0.25) is 14.5 Å². The fourth-order valence-electron chi connectivity index (χ4n) is 3.45. The lowest BCUT2D eigenvalue weighted by atomic mass is 9.77. The summed E-state index contributed by atoms with van der Waals surface area (Å²) in [5, 5.41) is 19.9. The van der Waals surface area contributed by atoms with Crippen molar-refractivity contribution in [1.29, 1.82) is 0 Å². The maximum absolute atomic E-state index is 11.6. The molecule has 1 amide bonds. The first-order chi connectivity index (χ1) is 9.57. The van der Waals surface area contributed by atoms with Crippen LogP contribution in [0.15, 0.2) is 0 Å². The van der Waals surface area contributed by atoms with E-state index in [1.54, 1.807) is 0 Å². The number of piperidine rings is 1. The molecular formula is C14H26N2O4. The zero-order chi connectivity index (χ0) is 15.0. The lowest BCUT2D eigenvalue weighted by Crippen LogP contribution is -2.50. The molecule has 1 aliphatic heterocycles. The molecule has 2 fully saturated rings. The Morgan fingerprint density at radius 2 is 2.10 bits per heavy atom. The maximum Gasteiger partial charge on any atom is 0.290 e. The van der Waals surface area contributed by atoms with E-state index in [1.807, 2.05) is 6.92 Å². The molecule has 116 valence electrons. The predicted octanol–water partition coefficient (Wildman–Crippen LogP) is 0.450. The average Bonchev–Trinajstić information content (AvgIpc) is 2.72. The van der Waals surface area contributed by atoms with Gasteiger partial charge >= 0.3 is 0 Å².